The Labute approximate surface area is 196 Å². The Morgan fingerprint density at radius 1 is 0.824 bits per heavy atom. The Morgan fingerprint density at radius 3 is 2.44 bits per heavy atom. The number of ether oxygens (including phenoxy) is 2. The first kappa shape index (κ1) is 21.5. The third kappa shape index (κ3) is 4.04. The van der Waals surface area contributed by atoms with Gasteiger partial charge in [-0.1, -0.05) is 68.4 Å². The summed E-state index contributed by atoms with van der Waals surface area (Å²) in [6, 6.07) is 25.4. The van der Waals surface area contributed by atoms with Gasteiger partial charge in [0.25, 0.3) is 0 Å². The molecule has 0 spiro atoms. The molecule has 1 aromatic heterocycles. The van der Waals surface area contributed by atoms with Crippen molar-refractivity contribution in [2.75, 3.05) is 0 Å². The van der Waals surface area contributed by atoms with E-state index in [1.54, 1.807) is 18.2 Å². The molecule has 5 rings (SSSR count). The van der Waals surface area contributed by atoms with Crippen LogP contribution in [-0.2, 0) is 0 Å². The lowest BCUT2D eigenvalue weighted by Crippen LogP contribution is -2.10. The molecule has 0 aliphatic heterocycles. The third-order valence-electron chi connectivity index (χ3n) is 5.70. The van der Waals surface area contributed by atoms with Crippen LogP contribution in [0.25, 0.3) is 21.7 Å². The first-order valence-electron chi connectivity index (χ1n) is 11.0. The fourth-order valence-electron chi connectivity index (χ4n) is 3.96. The number of para-hydroxylation sites is 1. The summed E-state index contributed by atoms with van der Waals surface area (Å²) in [6.45, 7) is 4.12. The van der Waals surface area contributed by atoms with Gasteiger partial charge in [0.15, 0.2) is 0 Å². The van der Waals surface area contributed by atoms with Crippen LogP contribution in [0.1, 0.15) is 35.7 Å². The zero-order valence-electron chi connectivity index (χ0n) is 18.8. The van der Waals surface area contributed by atoms with Crippen LogP contribution in [0.2, 0.25) is 0 Å². The first-order valence-corrected chi connectivity index (χ1v) is 11.0. The van der Waals surface area contributed by atoms with Gasteiger partial charge in [0.05, 0.1) is 10.9 Å². The largest absolute Gasteiger partial charge is 0.460 e. The van der Waals surface area contributed by atoms with Gasteiger partial charge in [0.1, 0.15) is 23.3 Å². The highest BCUT2D eigenvalue weighted by Crippen LogP contribution is 2.30. The van der Waals surface area contributed by atoms with Gasteiger partial charge in [-0.3, -0.25) is 4.79 Å². The molecule has 0 aliphatic rings. The molecule has 0 unspecified atom stereocenters. The highest BCUT2D eigenvalue weighted by molar-refractivity contribution is 6.05. The van der Waals surface area contributed by atoms with Crippen molar-refractivity contribution in [2.45, 2.75) is 19.8 Å². The average molecular weight is 450 g/mol. The number of benzene rings is 4. The standard InChI is InChI=1S/C29H22O5/c1-18(2)21-10-5-6-13-25(21)34-27-17-32-26-16-20(14-15-24(26)28(27)30)33-29(31)23-12-7-9-19-8-3-4-11-22(19)23/h3-18H,1-2H3. The second-order valence-corrected chi connectivity index (χ2v) is 8.30. The summed E-state index contributed by atoms with van der Waals surface area (Å²) < 4.78 is 17.2. The molecule has 168 valence electrons. The maximum atomic E-state index is 13.0. The van der Waals surface area contributed by atoms with Crippen LogP contribution in [0.4, 0.5) is 0 Å². The van der Waals surface area contributed by atoms with Gasteiger partial charge in [-0.05, 0) is 46.5 Å². The lowest BCUT2D eigenvalue weighted by Gasteiger charge is -2.13. The van der Waals surface area contributed by atoms with Crippen molar-refractivity contribution < 1.29 is 18.7 Å². The van der Waals surface area contributed by atoms with E-state index in [1.807, 2.05) is 60.7 Å². The number of carbonyl (C=O) groups excluding carboxylic acids is 1. The summed E-state index contributed by atoms with van der Waals surface area (Å²) in [5.41, 5.74) is 1.47. The molecular weight excluding hydrogens is 428 g/mol. The van der Waals surface area contributed by atoms with E-state index in [1.165, 1.54) is 12.3 Å². The quantitative estimate of drug-likeness (QED) is 0.211. The van der Waals surface area contributed by atoms with E-state index in [-0.39, 0.29) is 22.8 Å². The first-order chi connectivity index (χ1) is 16.5. The molecule has 0 saturated heterocycles. The summed E-state index contributed by atoms with van der Waals surface area (Å²) in [5, 5.41) is 2.10. The van der Waals surface area contributed by atoms with Gasteiger partial charge in [0.2, 0.25) is 11.2 Å². The average Bonchev–Trinajstić information content (AvgIpc) is 2.85. The molecule has 5 heteroatoms. The van der Waals surface area contributed by atoms with Crippen molar-refractivity contribution >= 4 is 27.7 Å². The number of carbonyl (C=O) groups is 1. The summed E-state index contributed by atoms with van der Waals surface area (Å²) >= 11 is 0. The molecule has 0 fully saturated rings. The number of hydrogen-bond acceptors (Lipinski definition) is 5. The maximum Gasteiger partial charge on any atom is 0.344 e. The maximum absolute atomic E-state index is 13.0. The lowest BCUT2D eigenvalue weighted by molar-refractivity contribution is 0.0737. The van der Waals surface area contributed by atoms with E-state index in [9.17, 15) is 9.59 Å². The summed E-state index contributed by atoms with van der Waals surface area (Å²) in [5.74, 6) is 0.754. The Balaban J connectivity index is 1.44. The SMILES string of the molecule is CC(C)c1ccccc1Oc1coc2cc(OC(=O)c3cccc4ccccc34)ccc2c1=O. The predicted molar refractivity (Wildman–Crippen MR) is 132 cm³/mol. The van der Waals surface area contributed by atoms with Crippen molar-refractivity contribution in [3.63, 3.8) is 0 Å². The Morgan fingerprint density at radius 2 is 1.59 bits per heavy atom. The minimum absolute atomic E-state index is 0.0982. The lowest BCUT2D eigenvalue weighted by atomic mass is 10.0. The molecule has 0 saturated carbocycles. The molecule has 34 heavy (non-hydrogen) atoms. The van der Waals surface area contributed by atoms with Gasteiger partial charge in [-0.2, -0.15) is 0 Å². The number of fused-ring (bicyclic) bond motifs is 2. The van der Waals surface area contributed by atoms with Gasteiger partial charge in [-0.15, -0.1) is 0 Å². The van der Waals surface area contributed by atoms with Crippen molar-refractivity contribution in [1.82, 2.24) is 0 Å². The number of hydrogen-bond donors (Lipinski definition) is 0. The van der Waals surface area contributed by atoms with Crippen molar-refractivity contribution in [3.8, 4) is 17.2 Å². The van der Waals surface area contributed by atoms with Gasteiger partial charge >= 0.3 is 5.97 Å². The van der Waals surface area contributed by atoms with E-state index >= 15 is 0 Å². The molecule has 0 radical (unpaired) electrons. The van der Waals surface area contributed by atoms with Crippen LogP contribution in [0.3, 0.4) is 0 Å². The molecule has 0 aliphatic carbocycles. The topological polar surface area (TPSA) is 65.7 Å². The van der Waals surface area contributed by atoms with Crippen LogP contribution in [0.15, 0.2) is 100 Å². The van der Waals surface area contributed by atoms with E-state index in [2.05, 4.69) is 13.8 Å². The summed E-state index contributed by atoms with van der Waals surface area (Å²) in [7, 11) is 0. The van der Waals surface area contributed by atoms with Crippen LogP contribution < -0.4 is 14.9 Å². The van der Waals surface area contributed by atoms with E-state index in [4.69, 9.17) is 13.9 Å². The number of esters is 1. The molecular formula is C29H22O5. The van der Waals surface area contributed by atoms with E-state index in [0.717, 1.165) is 16.3 Å². The normalized spacial score (nSPS) is 11.1. The van der Waals surface area contributed by atoms with Gasteiger partial charge in [0, 0.05) is 6.07 Å². The minimum atomic E-state index is -0.483. The van der Waals surface area contributed by atoms with Crippen molar-refractivity contribution in [2.24, 2.45) is 0 Å². The van der Waals surface area contributed by atoms with Crippen molar-refractivity contribution in [3.05, 3.63) is 113 Å². The van der Waals surface area contributed by atoms with Gasteiger partial charge < -0.3 is 13.9 Å². The smallest absolute Gasteiger partial charge is 0.344 e. The predicted octanol–water partition coefficient (Wildman–Crippen LogP) is 7.08. The fourth-order valence-corrected chi connectivity index (χ4v) is 3.96. The van der Waals surface area contributed by atoms with E-state index < -0.39 is 5.97 Å². The molecule has 0 atom stereocenters. The van der Waals surface area contributed by atoms with E-state index in [0.29, 0.717) is 22.3 Å². The molecule has 4 aromatic carbocycles. The minimum Gasteiger partial charge on any atom is -0.460 e. The van der Waals surface area contributed by atoms with Crippen molar-refractivity contribution in [1.29, 1.82) is 0 Å². The summed E-state index contributed by atoms with van der Waals surface area (Å²) in [4.78, 5) is 25.9. The summed E-state index contributed by atoms with van der Waals surface area (Å²) in [6.07, 6.45) is 1.29. The molecule has 0 bridgehead atoms. The second-order valence-electron chi connectivity index (χ2n) is 8.30. The highest BCUT2D eigenvalue weighted by Gasteiger charge is 2.16. The van der Waals surface area contributed by atoms with Crippen LogP contribution >= 0.6 is 0 Å². The zero-order valence-corrected chi connectivity index (χ0v) is 18.8. The van der Waals surface area contributed by atoms with Gasteiger partial charge in [-0.25, -0.2) is 4.79 Å². The molecule has 0 amide bonds. The van der Waals surface area contributed by atoms with Crippen LogP contribution in [0, 0.1) is 0 Å². The third-order valence-corrected chi connectivity index (χ3v) is 5.70. The second kappa shape index (κ2) is 8.87. The zero-order chi connectivity index (χ0) is 23.7. The fraction of sp³-hybridized carbons (Fsp3) is 0.103. The number of rotatable bonds is 5. The monoisotopic (exact) mass is 450 g/mol. The molecule has 0 N–H and O–H groups in total. The Hall–Kier alpha value is -4.38. The van der Waals surface area contributed by atoms with Crippen LogP contribution in [-0.4, -0.2) is 5.97 Å². The molecule has 1 heterocycles. The molecule has 5 aromatic rings. The van der Waals surface area contributed by atoms with Crippen LogP contribution in [0.5, 0.6) is 17.2 Å². The molecule has 5 nitrogen and oxygen atoms in total. The Bertz CT molecular complexity index is 1570. The Kier molecular flexibility index (Phi) is 5.60. The highest BCUT2D eigenvalue weighted by atomic mass is 16.5.